The minimum absolute atomic E-state index is 0.262. The molecule has 20 heavy (non-hydrogen) atoms. The summed E-state index contributed by atoms with van der Waals surface area (Å²) in [4.78, 5) is 17.5. The van der Waals surface area contributed by atoms with Gasteiger partial charge in [0.25, 0.3) is 5.91 Å². The summed E-state index contributed by atoms with van der Waals surface area (Å²) in [5.74, 6) is 4.37. The Kier molecular flexibility index (Phi) is 4.27. The van der Waals surface area contributed by atoms with E-state index >= 15 is 0 Å². The van der Waals surface area contributed by atoms with Gasteiger partial charge in [0.15, 0.2) is 0 Å². The maximum Gasteiger partial charge on any atom is 0.283 e. The minimum atomic E-state index is -0.434. The van der Waals surface area contributed by atoms with E-state index in [0.29, 0.717) is 6.54 Å². The lowest BCUT2D eigenvalue weighted by atomic mass is 10.2. The Labute approximate surface area is 116 Å². The highest BCUT2D eigenvalue weighted by Gasteiger charge is 2.08. The molecule has 0 saturated heterocycles. The van der Waals surface area contributed by atoms with Crippen molar-refractivity contribution in [1.82, 2.24) is 10.4 Å². The summed E-state index contributed by atoms with van der Waals surface area (Å²) in [6.07, 6.45) is 0. The fourth-order valence-corrected chi connectivity index (χ4v) is 1.80. The van der Waals surface area contributed by atoms with Gasteiger partial charge in [-0.3, -0.25) is 10.2 Å². The van der Waals surface area contributed by atoms with Crippen LogP contribution in [0.5, 0.6) is 0 Å². The number of aromatic nitrogens is 1. The van der Waals surface area contributed by atoms with Gasteiger partial charge in [-0.05, 0) is 36.4 Å². The van der Waals surface area contributed by atoms with Gasteiger partial charge < -0.3 is 4.90 Å². The molecule has 6 heteroatoms. The van der Waals surface area contributed by atoms with Crippen LogP contribution >= 0.6 is 0 Å². The summed E-state index contributed by atoms with van der Waals surface area (Å²) in [6, 6.07) is 11.3. The number of amides is 1. The number of hydrazine groups is 1. The quantitative estimate of drug-likeness (QED) is 0.503. The molecule has 1 aromatic heterocycles. The molecule has 0 bridgehead atoms. The summed E-state index contributed by atoms with van der Waals surface area (Å²) in [5.41, 5.74) is 3.89. The fraction of sp³-hybridized carbons (Fsp3) is 0.143. The summed E-state index contributed by atoms with van der Waals surface area (Å²) < 4.78 is 12.9. The zero-order valence-corrected chi connectivity index (χ0v) is 11.0. The molecule has 1 aromatic carbocycles. The molecule has 1 heterocycles. The first-order valence-corrected chi connectivity index (χ1v) is 6.03. The number of nitrogen functional groups attached to an aromatic ring is 1. The van der Waals surface area contributed by atoms with E-state index in [2.05, 4.69) is 4.98 Å². The summed E-state index contributed by atoms with van der Waals surface area (Å²) in [6.45, 7) is 0.497. The van der Waals surface area contributed by atoms with Crippen molar-refractivity contribution >= 4 is 11.6 Å². The Hall–Kier alpha value is -2.47. The number of rotatable bonds is 4. The molecule has 0 aliphatic carbocycles. The number of nitrogens with zero attached hydrogens (tertiary/aromatic N) is 2. The first-order chi connectivity index (χ1) is 9.60. The molecule has 0 radical (unpaired) electrons. The van der Waals surface area contributed by atoms with Crippen molar-refractivity contribution < 1.29 is 9.18 Å². The number of hydrogen-bond acceptors (Lipinski definition) is 4. The molecular weight excluding hydrogens is 259 g/mol. The van der Waals surface area contributed by atoms with Crippen LogP contribution < -0.4 is 16.2 Å². The Morgan fingerprint density at radius 3 is 2.65 bits per heavy atom. The average Bonchev–Trinajstić information content (AvgIpc) is 2.47. The first kappa shape index (κ1) is 14.0. The monoisotopic (exact) mass is 274 g/mol. The van der Waals surface area contributed by atoms with Crippen molar-refractivity contribution in [2.45, 2.75) is 6.54 Å². The van der Waals surface area contributed by atoms with E-state index in [9.17, 15) is 9.18 Å². The van der Waals surface area contributed by atoms with Crippen molar-refractivity contribution in [2.75, 3.05) is 11.9 Å². The third-order valence-electron chi connectivity index (χ3n) is 2.84. The fourth-order valence-electron chi connectivity index (χ4n) is 1.80. The molecule has 0 unspecified atom stereocenters. The van der Waals surface area contributed by atoms with Gasteiger partial charge in [0.2, 0.25) is 0 Å². The van der Waals surface area contributed by atoms with Crippen LogP contribution in [0.2, 0.25) is 0 Å². The smallest absolute Gasteiger partial charge is 0.283 e. The van der Waals surface area contributed by atoms with Crippen molar-refractivity contribution in [1.29, 1.82) is 0 Å². The summed E-state index contributed by atoms with van der Waals surface area (Å²) in [5, 5.41) is 0. The molecule has 0 saturated carbocycles. The second-order valence-corrected chi connectivity index (χ2v) is 4.32. The minimum Gasteiger partial charge on any atom is -0.369 e. The largest absolute Gasteiger partial charge is 0.369 e. The molecule has 5 nitrogen and oxygen atoms in total. The predicted molar refractivity (Wildman–Crippen MR) is 74.4 cm³/mol. The Morgan fingerprint density at radius 1 is 1.30 bits per heavy atom. The number of hydrogen-bond donors (Lipinski definition) is 2. The molecule has 0 aliphatic rings. The predicted octanol–water partition coefficient (Wildman–Crippen LogP) is 1.46. The van der Waals surface area contributed by atoms with E-state index in [0.717, 1.165) is 11.4 Å². The van der Waals surface area contributed by atoms with E-state index in [4.69, 9.17) is 5.84 Å². The topological polar surface area (TPSA) is 71.2 Å². The number of nitrogens with two attached hydrogens (primary N) is 1. The van der Waals surface area contributed by atoms with Crippen molar-refractivity contribution in [3.05, 3.63) is 59.7 Å². The molecule has 3 N–H and O–H groups in total. The average molecular weight is 274 g/mol. The summed E-state index contributed by atoms with van der Waals surface area (Å²) >= 11 is 0. The highest BCUT2D eigenvalue weighted by atomic mass is 19.1. The van der Waals surface area contributed by atoms with Crippen molar-refractivity contribution in [3.8, 4) is 0 Å². The molecule has 0 atom stereocenters. The maximum atomic E-state index is 12.9. The Bertz CT molecular complexity index is 600. The van der Waals surface area contributed by atoms with Crippen LogP contribution in [0.15, 0.2) is 42.5 Å². The van der Waals surface area contributed by atoms with E-state index in [1.807, 2.05) is 23.4 Å². The normalized spacial score (nSPS) is 10.2. The standard InChI is InChI=1S/C14H15FN4O/c1-19(12-7-5-10(15)6-8-12)9-11-3-2-4-13(17-11)14(20)18-16/h2-8H,9,16H2,1H3,(H,18,20). The van der Waals surface area contributed by atoms with Crippen LogP contribution in [-0.2, 0) is 6.54 Å². The second-order valence-electron chi connectivity index (χ2n) is 4.32. The van der Waals surface area contributed by atoms with Gasteiger partial charge in [-0.25, -0.2) is 15.2 Å². The number of pyridine rings is 1. The lowest BCUT2D eigenvalue weighted by Crippen LogP contribution is -2.31. The van der Waals surface area contributed by atoms with E-state index in [1.54, 1.807) is 24.3 Å². The van der Waals surface area contributed by atoms with Crippen LogP contribution in [0.4, 0.5) is 10.1 Å². The lowest BCUT2D eigenvalue weighted by molar-refractivity contribution is 0.0948. The SMILES string of the molecule is CN(Cc1cccc(C(=O)NN)n1)c1ccc(F)cc1. The molecule has 104 valence electrons. The number of halogens is 1. The zero-order valence-electron chi connectivity index (χ0n) is 11.0. The van der Waals surface area contributed by atoms with Gasteiger partial charge in [0.05, 0.1) is 12.2 Å². The van der Waals surface area contributed by atoms with E-state index < -0.39 is 5.91 Å². The van der Waals surface area contributed by atoms with Gasteiger partial charge in [0.1, 0.15) is 11.5 Å². The second kappa shape index (κ2) is 6.12. The van der Waals surface area contributed by atoms with Crippen molar-refractivity contribution in [2.24, 2.45) is 5.84 Å². The van der Waals surface area contributed by atoms with Crippen LogP contribution in [0, 0.1) is 5.82 Å². The van der Waals surface area contributed by atoms with E-state index in [1.165, 1.54) is 12.1 Å². The molecule has 2 aromatic rings. The molecule has 0 spiro atoms. The van der Waals surface area contributed by atoms with Gasteiger partial charge in [-0.15, -0.1) is 0 Å². The number of nitrogens with one attached hydrogen (secondary N) is 1. The number of anilines is 1. The number of benzene rings is 1. The Balaban J connectivity index is 2.13. The van der Waals surface area contributed by atoms with Crippen LogP contribution in [0.25, 0.3) is 0 Å². The molecule has 1 amide bonds. The number of carbonyl (C=O) groups excluding carboxylic acids is 1. The molecule has 0 fully saturated rings. The summed E-state index contributed by atoms with van der Waals surface area (Å²) in [7, 11) is 1.87. The molecular formula is C14H15FN4O. The van der Waals surface area contributed by atoms with Gasteiger partial charge in [0, 0.05) is 12.7 Å². The zero-order chi connectivity index (χ0) is 14.5. The van der Waals surface area contributed by atoms with Crippen LogP contribution in [-0.4, -0.2) is 17.9 Å². The van der Waals surface area contributed by atoms with E-state index in [-0.39, 0.29) is 11.5 Å². The first-order valence-electron chi connectivity index (χ1n) is 6.03. The van der Waals surface area contributed by atoms with Gasteiger partial charge in [-0.2, -0.15) is 0 Å². The van der Waals surface area contributed by atoms with Crippen LogP contribution in [0.1, 0.15) is 16.2 Å². The molecule has 2 rings (SSSR count). The Morgan fingerprint density at radius 2 is 2.00 bits per heavy atom. The third kappa shape index (κ3) is 3.30. The maximum absolute atomic E-state index is 12.9. The lowest BCUT2D eigenvalue weighted by Gasteiger charge is -2.19. The van der Waals surface area contributed by atoms with Gasteiger partial charge >= 0.3 is 0 Å². The van der Waals surface area contributed by atoms with Crippen molar-refractivity contribution in [3.63, 3.8) is 0 Å². The highest BCUT2D eigenvalue weighted by molar-refractivity contribution is 5.91. The van der Waals surface area contributed by atoms with Crippen LogP contribution in [0.3, 0.4) is 0 Å². The third-order valence-corrected chi connectivity index (χ3v) is 2.84. The number of carbonyl (C=O) groups is 1. The van der Waals surface area contributed by atoms with Gasteiger partial charge in [-0.1, -0.05) is 6.07 Å². The highest BCUT2D eigenvalue weighted by Crippen LogP contribution is 2.15. The molecule has 0 aliphatic heterocycles.